The second kappa shape index (κ2) is 5.28. The molecular weight excluding hydrogens is 290 g/mol. The summed E-state index contributed by atoms with van der Waals surface area (Å²) < 4.78 is 1.62. The van der Waals surface area contributed by atoms with E-state index in [-0.39, 0.29) is 17.7 Å². The molecule has 3 rings (SSSR count). The molecule has 7 nitrogen and oxygen atoms in total. The summed E-state index contributed by atoms with van der Waals surface area (Å²) in [5.41, 5.74) is 1.39. The number of carbonyl (C=O) groups is 2. The van der Waals surface area contributed by atoms with Gasteiger partial charge in [-0.05, 0) is 6.07 Å². The minimum Gasteiger partial charge on any atom is -0.336 e. The molecule has 0 saturated carbocycles. The summed E-state index contributed by atoms with van der Waals surface area (Å²) in [6.07, 6.45) is 1.75. The summed E-state index contributed by atoms with van der Waals surface area (Å²) >= 11 is 1.40. The molecule has 3 heterocycles. The fourth-order valence-corrected chi connectivity index (χ4v) is 3.04. The van der Waals surface area contributed by atoms with Gasteiger partial charge in [0.15, 0.2) is 5.13 Å². The van der Waals surface area contributed by atoms with Gasteiger partial charge in [0.2, 0.25) is 5.91 Å². The van der Waals surface area contributed by atoms with Crippen LogP contribution in [0.25, 0.3) is 0 Å². The van der Waals surface area contributed by atoms with Crippen LogP contribution in [0.5, 0.6) is 0 Å². The molecule has 21 heavy (non-hydrogen) atoms. The van der Waals surface area contributed by atoms with Gasteiger partial charge in [-0.25, -0.2) is 4.98 Å². The first kappa shape index (κ1) is 13.7. The van der Waals surface area contributed by atoms with E-state index in [0.717, 1.165) is 5.69 Å². The molecule has 0 bridgehead atoms. The fraction of sp³-hybridized carbons (Fsp3) is 0.385. The van der Waals surface area contributed by atoms with E-state index < -0.39 is 0 Å². The lowest BCUT2D eigenvalue weighted by atomic mass is 9.97. The molecule has 2 aromatic rings. The number of likely N-dealkylation sites (tertiary alicyclic amines) is 1. The number of aromatic nitrogens is 3. The Morgan fingerprint density at radius 2 is 2.19 bits per heavy atom. The van der Waals surface area contributed by atoms with Crippen molar-refractivity contribution in [1.82, 2.24) is 19.7 Å². The number of hydrogen-bond acceptors (Lipinski definition) is 5. The molecular formula is C13H15N5O2S. The third kappa shape index (κ3) is 2.80. The van der Waals surface area contributed by atoms with Gasteiger partial charge in [-0.15, -0.1) is 11.3 Å². The summed E-state index contributed by atoms with van der Waals surface area (Å²) in [6, 6.07) is 1.72. The molecule has 0 spiro atoms. The Morgan fingerprint density at radius 1 is 1.43 bits per heavy atom. The molecule has 110 valence electrons. The maximum Gasteiger partial charge on any atom is 0.274 e. The Morgan fingerprint density at radius 3 is 2.81 bits per heavy atom. The average molecular weight is 305 g/mol. The van der Waals surface area contributed by atoms with Crippen LogP contribution in [0.1, 0.15) is 29.0 Å². The average Bonchev–Trinajstić information content (AvgIpc) is 2.96. The standard InChI is InChI=1S/C13H15N5O2S/c1-8(19)14-13-15-11(7-21-13)9-5-18(6-9)12(20)10-3-4-17(2)16-10/h3-4,7,9H,5-6H2,1-2H3,(H,14,15,19). The van der Waals surface area contributed by atoms with Crippen LogP contribution < -0.4 is 5.32 Å². The molecule has 1 aliphatic rings. The van der Waals surface area contributed by atoms with Crippen molar-refractivity contribution in [2.45, 2.75) is 12.8 Å². The quantitative estimate of drug-likeness (QED) is 0.920. The zero-order valence-electron chi connectivity index (χ0n) is 11.7. The molecule has 8 heteroatoms. The van der Waals surface area contributed by atoms with Crippen molar-refractivity contribution >= 4 is 28.3 Å². The lowest BCUT2D eigenvalue weighted by molar-refractivity contribution is -0.114. The molecule has 0 aliphatic carbocycles. The van der Waals surface area contributed by atoms with Gasteiger partial charge in [0.1, 0.15) is 5.69 Å². The Hall–Kier alpha value is -2.22. The number of carbonyl (C=O) groups excluding carboxylic acids is 2. The van der Waals surface area contributed by atoms with Gasteiger partial charge < -0.3 is 10.2 Å². The summed E-state index contributed by atoms with van der Waals surface area (Å²) in [4.78, 5) is 29.2. The fourth-order valence-electron chi connectivity index (χ4n) is 2.20. The van der Waals surface area contributed by atoms with E-state index in [4.69, 9.17) is 0 Å². The molecule has 1 N–H and O–H groups in total. The van der Waals surface area contributed by atoms with Crippen LogP contribution in [0.2, 0.25) is 0 Å². The highest BCUT2D eigenvalue weighted by atomic mass is 32.1. The molecule has 1 aliphatic heterocycles. The van der Waals surface area contributed by atoms with Crippen LogP contribution in [0.3, 0.4) is 0 Å². The zero-order chi connectivity index (χ0) is 15.0. The third-order valence-corrected chi connectivity index (χ3v) is 4.10. The largest absolute Gasteiger partial charge is 0.336 e. The van der Waals surface area contributed by atoms with Crippen molar-refractivity contribution in [2.24, 2.45) is 7.05 Å². The Bertz CT molecular complexity index is 686. The number of hydrogen-bond donors (Lipinski definition) is 1. The van der Waals surface area contributed by atoms with Crippen molar-refractivity contribution in [3.8, 4) is 0 Å². The van der Waals surface area contributed by atoms with Crippen LogP contribution in [0.15, 0.2) is 17.6 Å². The molecule has 0 aromatic carbocycles. The van der Waals surface area contributed by atoms with Crippen LogP contribution >= 0.6 is 11.3 Å². The first-order valence-corrected chi connectivity index (χ1v) is 7.43. The number of amides is 2. The van der Waals surface area contributed by atoms with Crippen molar-refractivity contribution in [1.29, 1.82) is 0 Å². The SMILES string of the molecule is CC(=O)Nc1nc(C2CN(C(=O)c3ccn(C)n3)C2)cs1. The number of nitrogens with zero attached hydrogens (tertiary/aromatic N) is 4. The molecule has 1 fully saturated rings. The molecule has 2 aromatic heterocycles. The topological polar surface area (TPSA) is 80.1 Å². The summed E-state index contributed by atoms with van der Waals surface area (Å²) in [7, 11) is 1.79. The normalized spacial score (nSPS) is 14.9. The molecule has 0 radical (unpaired) electrons. The highest BCUT2D eigenvalue weighted by molar-refractivity contribution is 7.13. The van der Waals surface area contributed by atoms with Crippen LogP contribution in [0, 0.1) is 0 Å². The smallest absolute Gasteiger partial charge is 0.274 e. The number of rotatable bonds is 3. The highest BCUT2D eigenvalue weighted by Gasteiger charge is 2.34. The minimum atomic E-state index is -0.128. The van der Waals surface area contributed by atoms with Crippen molar-refractivity contribution < 1.29 is 9.59 Å². The van der Waals surface area contributed by atoms with Gasteiger partial charge in [0.05, 0.1) is 5.69 Å². The Balaban J connectivity index is 1.59. The van der Waals surface area contributed by atoms with Gasteiger partial charge in [-0.2, -0.15) is 5.10 Å². The Labute approximate surface area is 125 Å². The lowest BCUT2D eigenvalue weighted by Crippen LogP contribution is -2.48. The van der Waals surface area contributed by atoms with Gasteiger partial charge >= 0.3 is 0 Å². The summed E-state index contributed by atoms with van der Waals surface area (Å²) in [5, 5.41) is 9.31. The first-order valence-electron chi connectivity index (χ1n) is 6.55. The molecule has 0 unspecified atom stereocenters. The molecule has 1 saturated heterocycles. The maximum absolute atomic E-state index is 12.1. The van der Waals surface area contributed by atoms with Gasteiger partial charge in [0, 0.05) is 44.6 Å². The summed E-state index contributed by atoms with van der Waals surface area (Å²) in [6.45, 7) is 2.73. The second-order valence-corrected chi connectivity index (χ2v) is 5.90. The number of anilines is 1. The van der Waals surface area contributed by atoms with E-state index in [2.05, 4.69) is 15.4 Å². The van der Waals surface area contributed by atoms with E-state index in [1.807, 2.05) is 5.38 Å². The first-order chi connectivity index (χ1) is 10.0. The van der Waals surface area contributed by atoms with Gasteiger partial charge in [0.25, 0.3) is 5.91 Å². The zero-order valence-corrected chi connectivity index (χ0v) is 12.6. The number of aryl methyl sites for hydroxylation is 1. The van der Waals surface area contributed by atoms with Crippen LogP contribution in [-0.2, 0) is 11.8 Å². The van der Waals surface area contributed by atoms with Crippen molar-refractivity contribution in [2.75, 3.05) is 18.4 Å². The summed E-state index contributed by atoms with van der Waals surface area (Å²) in [5.74, 6) is 0.0528. The van der Waals surface area contributed by atoms with E-state index in [1.54, 1.807) is 28.9 Å². The minimum absolute atomic E-state index is 0.0517. The molecule has 0 atom stereocenters. The van der Waals surface area contributed by atoms with Crippen molar-refractivity contribution in [3.63, 3.8) is 0 Å². The predicted octanol–water partition coefficient (Wildman–Crippen LogP) is 1.07. The second-order valence-electron chi connectivity index (χ2n) is 5.04. The van der Waals surface area contributed by atoms with E-state index in [9.17, 15) is 9.59 Å². The monoisotopic (exact) mass is 305 g/mol. The van der Waals surface area contributed by atoms with E-state index in [1.165, 1.54) is 18.3 Å². The van der Waals surface area contributed by atoms with Crippen molar-refractivity contribution in [3.05, 3.63) is 29.0 Å². The molecule has 2 amide bonds. The van der Waals surface area contributed by atoms with Gasteiger partial charge in [-0.1, -0.05) is 0 Å². The van der Waals surface area contributed by atoms with Crippen LogP contribution in [-0.4, -0.2) is 44.6 Å². The number of thiazole rings is 1. The van der Waals surface area contributed by atoms with Crippen LogP contribution in [0.4, 0.5) is 5.13 Å². The lowest BCUT2D eigenvalue weighted by Gasteiger charge is -2.37. The van der Waals surface area contributed by atoms with E-state index in [0.29, 0.717) is 23.9 Å². The number of nitrogens with one attached hydrogen (secondary N) is 1. The highest BCUT2D eigenvalue weighted by Crippen LogP contribution is 2.30. The Kier molecular flexibility index (Phi) is 3.46. The maximum atomic E-state index is 12.1. The third-order valence-electron chi connectivity index (χ3n) is 3.32. The van der Waals surface area contributed by atoms with E-state index >= 15 is 0 Å². The predicted molar refractivity (Wildman–Crippen MR) is 78.3 cm³/mol. The van der Waals surface area contributed by atoms with Gasteiger partial charge in [-0.3, -0.25) is 14.3 Å².